The Labute approximate surface area is 123 Å². The van der Waals surface area contributed by atoms with Gasteiger partial charge in [0.05, 0.1) is 25.9 Å². The van der Waals surface area contributed by atoms with Crippen molar-refractivity contribution in [3.8, 4) is 0 Å². The summed E-state index contributed by atoms with van der Waals surface area (Å²) in [6.45, 7) is 4.48. The van der Waals surface area contributed by atoms with Crippen LogP contribution >= 0.6 is 0 Å². The SMILES string of the molecule is COC(=O)CC[C@@H](NC(=O)N1CC(C)OCC1C)C(=O)O. The predicted octanol–water partition coefficient (Wildman–Crippen LogP) is 0.212. The maximum absolute atomic E-state index is 12.2. The lowest BCUT2D eigenvalue weighted by Crippen LogP contribution is -2.56. The molecule has 120 valence electrons. The summed E-state index contributed by atoms with van der Waals surface area (Å²) in [6.07, 6.45) is -0.171. The van der Waals surface area contributed by atoms with Gasteiger partial charge in [-0.25, -0.2) is 9.59 Å². The molecule has 8 nitrogen and oxygen atoms in total. The minimum absolute atomic E-state index is 0.0119. The molecule has 8 heteroatoms. The molecule has 0 spiro atoms. The van der Waals surface area contributed by atoms with Crippen LogP contribution in [-0.4, -0.2) is 66.4 Å². The van der Waals surface area contributed by atoms with Crippen LogP contribution in [0.2, 0.25) is 0 Å². The van der Waals surface area contributed by atoms with Crippen molar-refractivity contribution in [1.29, 1.82) is 0 Å². The number of carboxylic acids is 1. The van der Waals surface area contributed by atoms with Crippen LogP contribution in [0.1, 0.15) is 26.7 Å². The molecule has 1 heterocycles. The third-order valence-corrected chi connectivity index (χ3v) is 3.33. The number of hydrogen-bond donors (Lipinski definition) is 2. The Morgan fingerprint density at radius 2 is 2.10 bits per heavy atom. The van der Waals surface area contributed by atoms with Crippen molar-refractivity contribution in [3.05, 3.63) is 0 Å². The molecule has 0 bridgehead atoms. The summed E-state index contributed by atoms with van der Waals surface area (Å²) in [7, 11) is 1.23. The Morgan fingerprint density at radius 1 is 1.43 bits per heavy atom. The fraction of sp³-hybridized carbons (Fsp3) is 0.769. The molecule has 0 radical (unpaired) electrons. The van der Waals surface area contributed by atoms with Crippen molar-refractivity contribution in [2.75, 3.05) is 20.3 Å². The van der Waals surface area contributed by atoms with Crippen molar-refractivity contribution >= 4 is 18.0 Å². The molecular formula is C13H22N2O6. The highest BCUT2D eigenvalue weighted by molar-refractivity contribution is 5.83. The summed E-state index contributed by atoms with van der Waals surface area (Å²) in [5.41, 5.74) is 0. The number of carboxylic acid groups (broad SMARTS) is 1. The first-order valence-corrected chi connectivity index (χ1v) is 6.83. The Morgan fingerprint density at radius 3 is 2.67 bits per heavy atom. The van der Waals surface area contributed by atoms with Crippen LogP contribution in [0.5, 0.6) is 0 Å². The summed E-state index contributed by atoms with van der Waals surface area (Å²) in [4.78, 5) is 35.9. The smallest absolute Gasteiger partial charge is 0.326 e. The fourth-order valence-corrected chi connectivity index (χ4v) is 2.04. The first kappa shape index (κ1) is 17.2. The van der Waals surface area contributed by atoms with E-state index in [9.17, 15) is 14.4 Å². The van der Waals surface area contributed by atoms with Gasteiger partial charge in [0.15, 0.2) is 0 Å². The van der Waals surface area contributed by atoms with Gasteiger partial charge < -0.3 is 24.8 Å². The van der Waals surface area contributed by atoms with E-state index in [2.05, 4.69) is 10.1 Å². The van der Waals surface area contributed by atoms with Gasteiger partial charge in [-0.15, -0.1) is 0 Å². The first-order valence-electron chi connectivity index (χ1n) is 6.83. The maximum Gasteiger partial charge on any atom is 0.326 e. The van der Waals surface area contributed by atoms with E-state index in [1.54, 1.807) is 4.90 Å². The van der Waals surface area contributed by atoms with E-state index < -0.39 is 24.0 Å². The van der Waals surface area contributed by atoms with Crippen LogP contribution in [0.15, 0.2) is 0 Å². The highest BCUT2D eigenvalue weighted by Gasteiger charge is 2.30. The molecule has 1 aliphatic rings. The molecule has 1 rings (SSSR count). The zero-order valence-corrected chi connectivity index (χ0v) is 12.5. The van der Waals surface area contributed by atoms with Crippen molar-refractivity contribution in [1.82, 2.24) is 10.2 Å². The summed E-state index contributed by atoms with van der Waals surface area (Å²) < 4.78 is 9.88. The number of nitrogens with one attached hydrogen (secondary N) is 1. The van der Waals surface area contributed by atoms with Crippen LogP contribution < -0.4 is 5.32 Å². The Bertz CT molecular complexity index is 400. The Balaban J connectivity index is 2.59. The number of urea groups is 1. The minimum atomic E-state index is -1.18. The number of amides is 2. The lowest BCUT2D eigenvalue weighted by Gasteiger charge is -2.37. The van der Waals surface area contributed by atoms with Gasteiger partial charge in [0, 0.05) is 13.0 Å². The van der Waals surface area contributed by atoms with Gasteiger partial charge in [-0.2, -0.15) is 0 Å². The maximum atomic E-state index is 12.2. The molecule has 0 aromatic rings. The van der Waals surface area contributed by atoms with Crippen molar-refractivity contribution in [3.63, 3.8) is 0 Å². The van der Waals surface area contributed by atoms with Crippen molar-refractivity contribution in [2.24, 2.45) is 0 Å². The normalized spacial score (nSPS) is 23.3. The van der Waals surface area contributed by atoms with Gasteiger partial charge in [0.1, 0.15) is 6.04 Å². The summed E-state index contributed by atoms with van der Waals surface area (Å²) in [5.74, 6) is -1.69. The molecule has 0 aromatic carbocycles. The minimum Gasteiger partial charge on any atom is -0.480 e. The van der Waals surface area contributed by atoms with Gasteiger partial charge >= 0.3 is 18.0 Å². The van der Waals surface area contributed by atoms with Gasteiger partial charge in [0.25, 0.3) is 0 Å². The van der Waals surface area contributed by atoms with Gasteiger partial charge in [-0.1, -0.05) is 0 Å². The number of ether oxygens (including phenoxy) is 2. The van der Waals surface area contributed by atoms with Crippen LogP contribution in [0.4, 0.5) is 4.79 Å². The lowest BCUT2D eigenvalue weighted by molar-refractivity contribution is -0.142. The molecule has 2 unspecified atom stereocenters. The number of hydrogen-bond acceptors (Lipinski definition) is 5. The van der Waals surface area contributed by atoms with E-state index in [4.69, 9.17) is 9.84 Å². The lowest BCUT2D eigenvalue weighted by atomic mass is 10.1. The number of esters is 1. The molecule has 21 heavy (non-hydrogen) atoms. The molecule has 0 aromatic heterocycles. The molecule has 0 aliphatic carbocycles. The molecule has 1 aliphatic heterocycles. The van der Waals surface area contributed by atoms with E-state index in [0.29, 0.717) is 13.2 Å². The largest absolute Gasteiger partial charge is 0.480 e. The number of carbonyl (C=O) groups is 3. The van der Waals surface area contributed by atoms with Crippen molar-refractivity contribution < 1.29 is 29.0 Å². The Kier molecular flexibility index (Phi) is 6.41. The first-order chi connectivity index (χ1) is 9.85. The van der Waals surface area contributed by atoms with Crippen molar-refractivity contribution in [2.45, 2.75) is 44.9 Å². The average Bonchev–Trinajstić information content (AvgIpc) is 2.44. The molecule has 0 saturated carbocycles. The summed E-state index contributed by atoms with van der Waals surface area (Å²) >= 11 is 0. The highest BCUT2D eigenvalue weighted by Crippen LogP contribution is 2.12. The van der Waals surface area contributed by atoms with Crippen LogP contribution in [0.25, 0.3) is 0 Å². The number of aliphatic carboxylic acids is 1. The quantitative estimate of drug-likeness (QED) is 0.703. The topological polar surface area (TPSA) is 105 Å². The van der Waals surface area contributed by atoms with E-state index >= 15 is 0 Å². The second-order valence-corrected chi connectivity index (χ2v) is 5.10. The van der Waals surface area contributed by atoms with E-state index in [-0.39, 0.29) is 25.0 Å². The molecule has 2 amide bonds. The zero-order valence-electron chi connectivity index (χ0n) is 12.5. The Hall–Kier alpha value is -1.83. The van der Waals surface area contributed by atoms with Crippen LogP contribution in [-0.2, 0) is 19.1 Å². The molecule has 2 N–H and O–H groups in total. The predicted molar refractivity (Wildman–Crippen MR) is 72.8 cm³/mol. The third-order valence-electron chi connectivity index (χ3n) is 3.33. The summed E-state index contributed by atoms with van der Waals surface area (Å²) in [6, 6.07) is -1.71. The number of carbonyl (C=O) groups excluding carboxylic acids is 2. The average molecular weight is 302 g/mol. The second kappa shape index (κ2) is 7.82. The number of morpholine rings is 1. The van der Waals surface area contributed by atoms with Crippen LogP contribution in [0.3, 0.4) is 0 Å². The second-order valence-electron chi connectivity index (χ2n) is 5.10. The third kappa shape index (κ3) is 5.22. The number of nitrogens with zero attached hydrogens (tertiary/aromatic N) is 1. The monoisotopic (exact) mass is 302 g/mol. The molecule has 3 atom stereocenters. The van der Waals surface area contributed by atoms with E-state index in [1.165, 1.54) is 7.11 Å². The molecule has 1 fully saturated rings. The number of methoxy groups -OCH3 is 1. The molecular weight excluding hydrogens is 280 g/mol. The van der Waals surface area contributed by atoms with Gasteiger partial charge in [-0.3, -0.25) is 4.79 Å². The number of rotatable bonds is 5. The molecule has 1 saturated heterocycles. The fourth-order valence-electron chi connectivity index (χ4n) is 2.04. The summed E-state index contributed by atoms with van der Waals surface area (Å²) in [5, 5.41) is 11.6. The van der Waals surface area contributed by atoms with E-state index in [0.717, 1.165) is 0 Å². The highest BCUT2D eigenvalue weighted by atomic mass is 16.5. The van der Waals surface area contributed by atoms with Gasteiger partial charge in [0.2, 0.25) is 0 Å². The standard InChI is InChI=1S/C13H22N2O6/c1-8-7-21-9(2)6-15(8)13(19)14-10(12(17)18)4-5-11(16)20-3/h8-10H,4-7H2,1-3H3,(H,14,19)(H,17,18)/t8?,9?,10-/m1/s1. The zero-order chi connectivity index (χ0) is 16.0. The van der Waals surface area contributed by atoms with Crippen LogP contribution in [0, 0.1) is 0 Å². The van der Waals surface area contributed by atoms with Gasteiger partial charge in [-0.05, 0) is 20.3 Å². The van der Waals surface area contributed by atoms with E-state index in [1.807, 2.05) is 13.8 Å².